The van der Waals surface area contributed by atoms with Crippen LogP contribution in [-0.4, -0.2) is 38.4 Å². The summed E-state index contributed by atoms with van der Waals surface area (Å²) in [5.41, 5.74) is 14.3. The number of nitrogen functional groups attached to an aromatic ring is 2. The first-order valence-corrected chi connectivity index (χ1v) is 12.2. The van der Waals surface area contributed by atoms with Crippen molar-refractivity contribution in [1.82, 2.24) is 0 Å². The van der Waals surface area contributed by atoms with Gasteiger partial charge in [0, 0.05) is 30.3 Å². The monoisotopic (exact) mass is 558 g/mol. The van der Waals surface area contributed by atoms with E-state index in [4.69, 9.17) is 30.4 Å². The van der Waals surface area contributed by atoms with E-state index in [0.717, 1.165) is 5.56 Å². The predicted octanol–water partition coefficient (Wildman–Crippen LogP) is 5.60. The number of halogens is 3. The molecule has 0 spiro atoms. The van der Waals surface area contributed by atoms with Crippen molar-refractivity contribution in [3.05, 3.63) is 83.4 Å². The van der Waals surface area contributed by atoms with Crippen LogP contribution in [0, 0.1) is 0 Å². The van der Waals surface area contributed by atoms with E-state index in [0.29, 0.717) is 23.4 Å². The van der Waals surface area contributed by atoms with Crippen LogP contribution in [0.5, 0.6) is 17.2 Å². The Morgan fingerprint density at radius 1 is 0.900 bits per heavy atom. The van der Waals surface area contributed by atoms with Crippen molar-refractivity contribution in [2.24, 2.45) is 0 Å². The van der Waals surface area contributed by atoms with Crippen LogP contribution in [0.3, 0.4) is 0 Å². The van der Waals surface area contributed by atoms with E-state index in [1.54, 1.807) is 48.5 Å². The van der Waals surface area contributed by atoms with Crippen LogP contribution in [0.1, 0.15) is 34.3 Å². The lowest BCUT2D eigenvalue weighted by molar-refractivity contribution is -0.138. The fraction of sp³-hybridized carbons (Fsp3) is 0.241. The topological polar surface area (TPSA) is 123 Å². The molecule has 0 radical (unpaired) electrons. The van der Waals surface area contributed by atoms with Crippen molar-refractivity contribution < 1.29 is 41.7 Å². The first-order valence-electron chi connectivity index (χ1n) is 12.2. The van der Waals surface area contributed by atoms with E-state index in [9.17, 15) is 22.8 Å². The van der Waals surface area contributed by atoms with Crippen molar-refractivity contribution in [1.29, 1.82) is 0 Å². The molecule has 212 valence electrons. The van der Waals surface area contributed by atoms with Crippen LogP contribution in [0.4, 0.5) is 24.5 Å². The van der Waals surface area contributed by atoms with Crippen molar-refractivity contribution in [2.75, 3.05) is 31.8 Å². The van der Waals surface area contributed by atoms with Crippen LogP contribution in [0.25, 0.3) is 6.08 Å². The van der Waals surface area contributed by atoms with E-state index < -0.39 is 24.5 Å². The summed E-state index contributed by atoms with van der Waals surface area (Å²) in [4.78, 5) is 24.6. The maximum Gasteiger partial charge on any atom is 0.389 e. The highest BCUT2D eigenvalue weighted by Gasteiger charge is 2.26. The molecule has 0 aliphatic carbocycles. The predicted molar refractivity (Wildman–Crippen MR) is 144 cm³/mol. The van der Waals surface area contributed by atoms with E-state index in [1.807, 2.05) is 0 Å². The van der Waals surface area contributed by atoms with E-state index in [2.05, 4.69) is 0 Å². The maximum absolute atomic E-state index is 12.6. The zero-order chi connectivity index (χ0) is 29.1. The first-order chi connectivity index (χ1) is 19.0. The van der Waals surface area contributed by atoms with Gasteiger partial charge in [0.1, 0.15) is 5.75 Å². The summed E-state index contributed by atoms with van der Waals surface area (Å²) in [5.74, 6) is -0.529. The second-order valence-electron chi connectivity index (χ2n) is 8.65. The molecular weight excluding hydrogens is 529 g/mol. The van der Waals surface area contributed by atoms with Crippen LogP contribution in [0.2, 0.25) is 0 Å². The molecule has 3 rings (SSSR count). The van der Waals surface area contributed by atoms with Crippen molar-refractivity contribution >= 4 is 29.4 Å². The lowest BCUT2D eigenvalue weighted by Crippen LogP contribution is -2.11. The average molecular weight is 559 g/mol. The Balaban J connectivity index is 1.48. The van der Waals surface area contributed by atoms with Crippen molar-refractivity contribution in [3.8, 4) is 17.2 Å². The highest BCUT2D eigenvalue weighted by atomic mass is 19.4. The Labute approximate surface area is 229 Å². The Morgan fingerprint density at radius 2 is 1.60 bits per heavy atom. The standard InChI is InChI=1S/C29H29F3N2O6/c1-37-26-17-21(6-9-25(26)38-13-2-12-29(30,31)32)28(36)40-24-7-3-19(4-8-24)5-10-27(35)39-14-11-20-15-22(33)18-23(34)16-20/h3-10,15-18H,2,11-14,33-34H2,1H3/b10-5+. The van der Waals surface area contributed by atoms with Crippen LogP contribution in [-0.2, 0) is 16.0 Å². The summed E-state index contributed by atoms with van der Waals surface area (Å²) < 4.78 is 58.0. The smallest absolute Gasteiger partial charge is 0.389 e. The van der Waals surface area contributed by atoms with Gasteiger partial charge in [0.25, 0.3) is 0 Å². The molecule has 0 heterocycles. The third-order valence-electron chi connectivity index (χ3n) is 5.44. The molecule has 0 aliphatic heterocycles. The highest BCUT2D eigenvalue weighted by Crippen LogP contribution is 2.29. The number of carbonyl (C=O) groups is 2. The van der Waals surface area contributed by atoms with Gasteiger partial charge in [-0.1, -0.05) is 12.1 Å². The largest absolute Gasteiger partial charge is 0.493 e. The SMILES string of the molecule is COc1cc(C(=O)Oc2ccc(/C=C/C(=O)OCCc3cc(N)cc(N)c3)cc2)ccc1OCCCC(F)(F)F. The molecule has 0 saturated carbocycles. The molecule has 3 aromatic rings. The van der Waals surface area contributed by atoms with Gasteiger partial charge < -0.3 is 30.4 Å². The zero-order valence-corrected chi connectivity index (χ0v) is 21.7. The van der Waals surface area contributed by atoms with Crippen LogP contribution >= 0.6 is 0 Å². The Kier molecular flexibility index (Phi) is 10.4. The van der Waals surface area contributed by atoms with Gasteiger partial charge in [-0.3, -0.25) is 0 Å². The Hall–Kier alpha value is -4.67. The number of hydrogen-bond donors (Lipinski definition) is 2. The summed E-state index contributed by atoms with van der Waals surface area (Å²) in [6.07, 6.45) is -2.10. The fourth-order valence-electron chi connectivity index (χ4n) is 3.55. The summed E-state index contributed by atoms with van der Waals surface area (Å²) in [5, 5.41) is 0. The molecule has 3 aromatic carbocycles. The molecule has 4 N–H and O–H groups in total. The van der Waals surface area contributed by atoms with E-state index in [-0.39, 0.29) is 42.4 Å². The van der Waals surface area contributed by atoms with Gasteiger partial charge in [-0.2, -0.15) is 13.2 Å². The minimum Gasteiger partial charge on any atom is -0.493 e. The third-order valence-corrected chi connectivity index (χ3v) is 5.44. The molecule has 0 bridgehead atoms. The second-order valence-corrected chi connectivity index (χ2v) is 8.65. The Morgan fingerprint density at radius 3 is 2.25 bits per heavy atom. The Bertz CT molecular complexity index is 1320. The van der Waals surface area contributed by atoms with Gasteiger partial charge in [0.15, 0.2) is 11.5 Å². The molecule has 0 aromatic heterocycles. The molecule has 0 saturated heterocycles. The number of esters is 2. The zero-order valence-electron chi connectivity index (χ0n) is 21.7. The summed E-state index contributed by atoms with van der Waals surface area (Å²) >= 11 is 0. The number of alkyl halides is 3. The fourth-order valence-corrected chi connectivity index (χ4v) is 3.55. The molecule has 0 unspecified atom stereocenters. The van der Waals surface area contributed by atoms with Gasteiger partial charge in [-0.15, -0.1) is 0 Å². The molecular formula is C29H29F3N2O6. The molecule has 40 heavy (non-hydrogen) atoms. The van der Waals surface area contributed by atoms with Gasteiger partial charge in [0.05, 0.1) is 25.9 Å². The minimum atomic E-state index is -4.25. The van der Waals surface area contributed by atoms with Crippen LogP contribution < -0.4 is 25.7 Å². The van der Waals surface area contributed by atoms with Gasteiger partial charge in [0.2, 0.25) is 0 Å². The lowest BCUT2D eigenvalue weighted by atomic mass is 10.1. The number of nitrogens with two attached hydrogens (primary N) is 2. The second kappa shape index (κ2) is 13.9. The first kappa shape index (κ1) is 29.9. The summed E-state index contributed by atoms with van der Waals surface area (Å²) in [6, 6.07) is 15.8. The lowest BCUT2D eigenvalue weighted by Gasteiger charge is -2.12. The molecule has 8 nitrogen and oxygen atoms in total. The van der Waals surface area contributed by atoms with E-state index >= 15 is 0 Å². The van der Waals surface area contributed by atoms with Gasteiger partial charge in [-0.05, 0) is 72.2 Å². The summed E-state index contributed by atoms with van der Waals surface area (Å²) in [6.45, 7) is 0.00782. The molecule has 11 heteroatoms. The number of benzene rings is 3. The number of hydrogen-bond acceptors (Lipinski definition) is 8. The van der Waals surface area contributed by atoms with Crippen molar-refractivity contribution in [2.45, 2.75) is 25.4 Å². The molecule has 0 amide bonds. The number of methoxy groups -OCH3 is 1. The number of carbonyl (C=O) groups excluding carboxylic acids is 2. The van der Waals surface area contributed by atoms with Crippen molar-refractivity contribution in [3.63, 3.8) is 0 Å². The number of ether oxygens (including phenoxy) is 4. The quantitative estimate of drug-likeness (QED) is 0.0969. The van der Waals surface area contributed by atoms with Gasteiger partial charge >= 0.3 is 18.1 Å². The van der Waals surface area contributed by atoms with Gasteiger partial charge in [-0.25, -0.2) is 9.59 Å². The van der Waals surface area contributed by atoms with Crippen LogP contribution in [0.15, 0.2) is 66.7 Å². The highest BCUT2D eigenvalue weighted by molar-refractivity contribution is 5.92. The normalized spacial score (nSPS) is 11.3. The average Bonchev–Trinajstić information content (AvgIpc) is 2.89. The van der Waals surface area contributed by atoms with E-state index in [1.165, 1.54) is 31.4 Å². The molecule has 0 aliphatic rings. The summed E-state index contributed by atoms with van der Waals surface area (Å²) in [7, 11) is 1.35. The number of anilines is 2. The minimum absolute atomic E-state index is 0.156. The number of rotatable bonds is 12. The molecule has 0 fully saturated rings. The maximum atomic E-state index is 12.6. The third kappa shape index (κ3) is 9.90. The molecule has 0 atom stereocenters.